The van der Waals surface area contributed by atoms with E-state index in [1.54, 1.807) is 20.8 Å². The molecule has 1 aromatic rings. The third kappa shape index (κ3) is 3.10. The molecule has 110 valence electrons. The van der Waals surface area contributed by atoms with Crippen molar-refractivity contribution in [2.75, 3.05) is 13.2 Å². The Morgan fingerprint density at radius 3 is 2.00 bits per heavy atom. The van der Waals surface area contributed by atoms with Gasteiger partial charge in [-0.3, -0.25) is 0 Å². The maximum atomic E-state index is 12.0. The van der Waals surface area contributed by atoms with Crippen LogP contribution in [0.2, 0.25) is 0 Å². The van der Waals surface area contributed by atoms with Gasteiger partial charge in [0.2, 0.25) is 0 Å². The number of hydrogen-bond acceptors (Lipinski definition) is 5. The van der Waals surface area contributed by atoms with Crippen molar-refractivity contribution in [2.45, 2.75) is 34.1 Å². The van der Waals surface area contributed by atoms with E-state index in [0.717, 1.165) is 0 Å². The number of phenols is 1. The van der Waals surface area contributed by atoms with Crippen molar-refractivity contribution in [2.24, 2.45) is 0 Å². The molecule has 0 amide bonds. The van der Waals surface area contributed by atoms with Gasteiger partial charge >= 0.3 is 11.9 Å². The summed E-state index contributed by atoms with van der Waals surface area (Å²) in [5, 5.41) is 10.1. The highest BCUT2D eigenvalue weighted by molar-refractivity contribution is 5.99. The maximum absolute atomic E-state index is 12.0. The van der Waals surface area contributed by atoms with Gasteiger partial charge in [0.05, 0.1) is 18.8 Å². The summed E-state index contributed by atoms with van der Waals surface area (Å²) in [6.07, 6.45) is 0.552. The average Bonchev–Trinajstić information content (AvgIpc) is 2.41. The first kappa shape index (κ1) is 16.0. The summed E-state index contributed by atoms with van der Waals surface area (Å²) in [7, 11) is 0. The second-order valence-corrected chi connectivity index (χ2v) is 4.22. The molecule has 0 aliphatic heterocycles. The predicted octanol–water partition coefficient (Wildman–Crippen LogP) is 2.62. The van der Waals surface area contributed by atoms with Gasteiger partial charge in [0.25, 0.3) is 0 Å². The van der Waals surface area contributed by atoms with E-state index >= 15 is 0 Å². The molecular weight excluding hydrogens is 260 g/mol. The van der Waals surface area contributed by atoms with Crippen molar-refractivity contribution in [1.29, 1.82) is 0 Å². The van der Waals surface area contributed by atoms with Crippen LogP contribution in [0.15, 0.2) is 6.07 Å². The zero-order valence-corrected chi connectivity index (χ0v) is 12.3. The SMILES string of the molecule is CCOC(=O)c1cc(C(=O)OCC)c(CC)c(C)c1O. The molecule has 1 aromatic carbocycles. The molecule has 1 N–H and O–H groups in total. The Kier molecular flexibility index (Phi) is 5.55. The van der Waals surface area contributed by atoms with Gasteiger partial charge in [-0.15, -0.1) is 0 Å². The molecule has 0 fully saturated rings. The highest BCUT2D eigenvalue weighted by Gasteiger charge is 2.23. The highest BCUT2D eigenvalue weighted by Crippen LogP contribution is 2.30. The zero-order valence-electron chi connectivity index (χ0n) is 12.3. The minimum absolute atomic E-state index is 0.00963. The van der Waals surface area contributed by atoms with Gasteiger partial charge in [0.15, 0.2) is 0 Å². The fraction of sp³-hybridized carbons (Fsp3) is 0.467. The molecular formula is C15H20O5. The van der Waals surface area contributed by atoms with Crippen LogP contribution in [0.1, 0.15) is 52.6 Å². The Bertz CT molecular complexity index is 519. The lowest BCUT2D eigenvalue weighted by Gasteiger charge is -2.15. The van der Waals surface area contributed by atoms with Gasteiger partial charge in [-0.1, -0.05) is 6.92 Å². The molecule has 0 radical (unpaired) electrons. The van der Waals surface area contributed by atoms with E-state index in [0.29, 0.717) is 23.1 Å². The first-order valence-electron chi connectivity index (χ1n) is 6.67. The minimum atomic E-state index is -0.652. The van der Waals surface area contributed by atoms with Crippen LogP contribution in [-0.4, -0.2) is 30.3 Å². The summed E-state index contributed by atoms with van der Waals surface area (Å²) >= 11 is 0. The quantitative estimate of drug-likeness (QED) is 0.839. The fourth-order valence-electron chi connectivity index (χ4n) is 2.06. The Labute approximate surface area is 118 Å². The molecule has 0 spiro atoms. The number of carbonyl (C=O) groups excluding carboxylic acids is 2. The molecule has 1 rings (SSSR count). The molecule has 0 heterocycles. The van der Waals surface area contributed by atoms with Gasteiger partial charge in [-0.05, 0) is 44.4 Å². The number of esters is 2. The number of carbonyl (C=O) groups is 2. The average molecular weight is 280 g/mol. The Hall–Kier alpha value is -2.04. The topological polar surface area (TPSA) is 72.8 Å². The molecule has 0 unspecified atom stereocenters. The van der Waals surface area contributed by atoms with Crippen molar-refractivity contribution in [3.05, 3.63) is 28.3 Å². The smallest absolute Gasteiger partial charge is 0.341 e. The molecule has 0 aliphatic carbocycles. The van der Waals surface area contributed by atoms with Crippen molar-refractivity contribution >= 4 is 11.9 Å². The molecule has 20 heavy (non-hydrogen) atoms. The van der Waals surface area contributed by atoms with E-state index in [4.69, 9.17) is 9.47 Å². The van der Waals surface area contributed by atoms with Gasteiger partial charge in [0, 0.05) is 0 Å². The van der Waals surface area contributed by atoms with Crippen LogP contribution in [0.4, 0.5) is 0 Å². The van der Waals surface area contributed by atoms with Crippen LogP contribution < -0.4 is 0 Å². The van der Waals surface area contributed by atoms with Crippen LogP contribution in [-0.2, 0) is 15.9 Å². The van der Waals surface area contributed by atoms with Gasteiger partial charge < -0.3 is 14.6 Å². The lowest BCUT2D eigenvalue weighted by atomic mass is 9.95. The van der Waals surface area contributed by atoms with Crippen molar-refractivity contribution < 1.29 is 24.2 Å². The van der Waals surface area contributed by atoms with E-state index in [-0.39, 0.29) is 24.5 Å². The van der Waals surface area contributed by atoms with Crippen LogP contribution in [0.25, 0.3) is 0 Å². The third-order valence-electron chi connectivity index (χ3n) is 3.02. The van der Waals surface area contributed by atoms with E-state index in [2.05, 4.69) is 0 Å². The van der Waals surface area contributed by atoms with E-state index in [1.165, 1.54) is 6.07 Å². The summed E-state index contributed by atoms with van der Waals surface area (Å²) in [5.41, 5.74) is 1.47. The molecule has 0 aromatic heterocycles. The third-order valence-corrected chi connectivity index (χ3v) is 3.02. The number of rotatable bonds is 5. The van der Waals surface area contributed by atoms with Crippen LogP contribution >= 0.6 is 0 Å². The predicted molar refractivity (Wildman–Crippen MR) is 74.1 cm³/mol. The Morgan fingerprint density at radius 1 is 1.05 bits per heavy atom. The lowest BCUT2D eigenvalue weighted by molar-refractivity contribution is 0.0522. The normalized spacial score (nSPS) is 10.2. The second kappa shape index (κ2) is 6.93. The Morgan fingerprint density at radius 2 is 1.55 bits per heavy atom. The van der Waals surface area contributed by atoms with E-state index in [1.807, 2.05) is 6.92 Å². The zero-order chi connectivity index (χ0) is 15.3. The van der Waals surface area contributed by atoms with Gasteiger partial charge in [-0.25, -0.2) is 9.59 Å². The maximum Gasteiger partial charge on any atom is 0.341 e. The number of benzene rings is 1. The summed E-state index contributed by atoms with van der Waals surface area (Å²) < 4.78 is 9.87. The number of phenolic OH excluding ortho intramolecular Hbond substituents is 1. The van der Waals surface area contributed by atoms with Crippen molar-refractivity contribution in [1.82, 2.24) is 0 Å². The molecule has 0 saturated heterocycles. The van der Waals surface area contributed by atoms with Gasteiger partial charge in [0.1, 0.15) is 11.3 Å². The number of ether oxygens (including phenoxy) is 2. The van der Waals surface area contributed by atoms with Crippen molar-refractivity contribution in [3.63, 3.8) is 0 Å². The van der Waals surface area contributed by atoms with Crippen LogP contribution in [0.5, 0.6) is 5.75 Å². The van der Waals surface area contributed by atoms with Gasteiger partial charge in [-0.2, -0.15) is 0 Å². The molecule has 0 aliphatic rings. The highest BCUT2D eigenvalue weighted by atomic mass is 16.5. The number of aromatic hydroxyl groups is 1. The first-order chi connectivity index (χ1) is 9.47. The first-order valence-corrected chi connectivity index (χ1v) is 6.67. The van der Waals surface area contributed by atoms with Crippen molar-refractivity contribution in [3.8, 4) is 5.75 Å². The fourth-order valence-corrected chi connectivity index (χ4v) is 2.06. The lowest BCUT2D eigenvalue weighted by Crippen LogP contribution is -2.13. The Balaban J connectivity index is 3.42. The second-order valence-electron chi connectivity index (χ2n) is 4.22. The van der Waals surface area contributed by atoms with Crippen LogP contribution in [0, 0.1) is 6.92 Å². The molecule has 5 heteroatoms. The molecule has 0 saturated carbocycles. The summed E-state index contributed by atoms with van der Waals surface area (Å²) in [6, 6.07) is 1.34. The standard InChI is InChI=1S/C15H20O5/c1-5-10-9(4)13(16)12(15(18)20-7-3)8-11(10)14(17)19-6-2/h8,16H,5-7H2,1-4H3. The number of hydrogen-bond donors (Lipinski definition) is 1. The van der Waals surface area contributed by atoms with E-state index in [9.17, 15) is 14.7 Å². The summed E-state index contributed by atoms with van der Waals surface area (Å²) in [5.74, 6) is -1.30. The molecule has 5 nitrogen and oxygen atoms in total. The largest absolute Gasteiger partial charge is 0.507 e. The van der Waals surface area contributed by atoms with E-state index < -0.39 is 11.9 Å². The molecule has 0 atom stereocenters. The minimum Gasteiger partial charge on any atom is -0.507 e. The summed E-state index contributed by atoms with van der Waals surface area (Å²) in [6.45, 7) is 7.36. The summed E-state index contributed by atoms with van der Waals surface area (Å²) in [4.78, 5) is 23.8. The van der Waals surface area contributed by atoms with Crippen LogP contribution in [0.3, 0.4) is 0 Å². The monoisotopic (exact) mass is 280 g/mol. The molecule has 0 bridgehead atoms.